The minimum absolute atomic E-state index is 0.0235. The van der Waals surface area contributed by atoms with Crippen molar-refractivity contribution in [2.45, 2.75) is 44.7 Å². The van der Waals surface area contributed by atoms with Gasteiger partial charge in [-0.2, -0.15) is 13.2 Å². The third-order valence-corrected chi connectivity index (χ3v) is 4.52. The Hall–Kier alpha value is -1.19. The van der Waals surface area contributed by atoms with Gasteiger partial charge >= 0.3 is 6.18 Å². The van der Waals surface area contributed by atoms with E-state index in [4.69, 9.17) is 4.74 Å². The molecule has 0 aliphatic carbocycles. The summed E-state index contributed by atoms with van der Waals surface area (Å²) in [6, 6.07) is 3.20. The topological polar surface area (TPSA) is 60.5 Å². The van der Waals surface area contributed by atoms with Crippen molar-refractivity contribution >= 4 is 11.0 Å². The molecular formula is C15H23F3N2O3S. The van der Waals surface area contributed by atoms with E-state index in [1.807, 2.05) is 27.7 Å². The fourth-order valence-electron chi connectivity index (χ4n) is 1.53. The molecule has 0 spiro atoms. The molecule has 0 aliphatic heterocycles. The Balaban J connectivity index is 2.41. The maximum atomic E-state index is 12.0. The zero-order valence-corrected chi connectivity index (χ0v) is 15.0. The fourth-order valence-corrected chi connectivity index (χ4v) is 2.34. The highest BCUT2D eigenvalue weighted by molar-refractivity contribution is 7.84. The molecule has 0 saturated carbocycles. The number of hydrogen-bond acceptors (Lipinski definition) is 4. The first-order valence-corrected chi connectivity index (χ1v) is 8.55. The molecule has 1 rings (SSSR count). The zero-order valence-electron chi connectivity index (χ0n) is 14.1. The number of ether oxygens (including phenoxy) is 2. The van der Waals surface area contributed by atoms with E-state index in [9.17, 15) is 17.4 Å². The van der Waals surface area contributed by atoms with E-state index in [1.54, 1.807) is 18.3 Å². The van der Waals surface area contributed by atoms with Gasteiger partial charge in [-0.3, -0.25) is 0 Å². The SMILES string of the molecule is C[C@@H](NS(=O)C(C)(C)C)c1ccc(OCCOCC(F)(F)F)nc1. The van der Waals surface area contributed by atoms with Crippen molar-refractivity contribution in [3.05, 3.63) is 23.9 Å². The van der Waals surface area contributed by atoms with Crippen molar-refractivity contribution in [1.82, 2.24) is 9.71 Å². The maximum Gasteiger partial charge on any atom is 0.411 e. The summed E-state index contributed by atoms with van der Waals surface area (Å²) < 4.78 is 60.0. The van der Waals surface area contributed by atoms with Crippen LogP contribution in [0.4, 0.5) is 13.2 Å². The van der Waals surface area contributed by atoms with E-state index < -0.39 is 23.8 Å². The van der Waals surface area contributed by atoms with Crippen LogP contribution in [0.3, 0.4) is 0 Å². The molecule has 138 valence electrons. The van der Waals surface area contributed by atoms with Crippen LogP contribution in [0.2, 0.25) is 0 Å². The van der Waals surface area contributed by atoms with Crippen LogP contribution in [0.5, 0.6) is 5.88 Å². The Morgan fingerprint density at radius 2 is 1.92 bits per heavy atom. The van der Waals surface area contributed by atoms with E-state index in [2.05, 4.69) is 14.4 Å². The second-order valence-electron chi connectivity index (χ2n) is 6.17. The minimum atomic E-state index is -4.34. The molecule has 0 aromatic carbocycles. The molecule has 9 heteroatoms. The Labute approximate surface area is 142 Å². The van der Waals surface area contributed by atoms with Gasteiger partial charge in [0.2, 0.25) is 5.88 Å². The first kappa shape index (κ1) is 20.9. The highest BCUT2D eigenvalue weighted by Gasteiger charge is 2.27. The third kappa shape index (κ3) is 8.07. The molecular weight excluding hydrogens is 345 g/mol. The van der Waals surface area contributed by atoms with Gasteiger partial charge in [-0.05, 0) is 33.3 Å². The normalized spacial score (nSPS) is 15.1. The molecule has 1 heterocycles. The van der Waals surface area contributed by atoms with Gasteiger partial charge in [0.05, 0.1) is 22.3 Å². The van der Waals surface area contributed by atoms with Crippen LogP contribution >= 0.6 is 0 Å². The van der Waals surface area contributed by atoms with Crippen LogP contribution in [-0.4, -0.2) is 39.9 Å². The Kier molecular flexibility index (Phi) is 7.62. The summed E-state index contributed by atoms with van der Waals surface area (Å²) in [5.74, 6) is 0.290. The lowest BCUT2D eigenvalue weighted by Gasteiger charge is -2.22. The number of pyridine rings is 1. The van der Waals surface area contributed by atoms with Crippen LogP contribution in [0.15, 0.2) is 18.3 Å². The Bertz CT molecular complexity index is 530. The molecule has 0 amide bonds. The number of halogens is 3. The van der Waals surface area contributed by atoms with E-state index in [0.29, 0.717) is 5.88 Å². The number of nitrogens with one attached hydrogen (secondary N) is 1. The van der Waals surface area contributed by atoms with E-state index >= 15 is 0 Å². The number of aromatic nitrogens is 1. The van der Waals surface area contributed by atoms with Gasteiger partial charge in [-0.1, -0.05) is 6.07 Å². The molecule has 1 aromatic heterocycles. The predicted molar refractivity (Wildman–Crippen MR) is 86.1 cm³/mol. The third-order valence-electron chi connectivity index (χ3n) is 2.84. The van der Waals surface area contributed by atoms with Crippen LogP contribution in [0.25, 0.3) is 0 Å². The molecule has 1 aromatic rings. The lowest BCUT2D eigenvalue weighted by Crippen LogP contribution is -2.34. The predicted octanol–water partition coefficient (Wildman–Crippen LogP) is 3.15. The van der Waals surface area contributed by atoms with E-state index in [1.165, 1.54) is 0 Å². The first-order chi connectivity index (χ1) is 11.0. The largest absolute Gasteiger partial charge is 0.475 e. The number of rotatable bonds is 8. The molecule has 2 atom stereocenters. The van der Waals surface area contributed by atoms with E-state index in [0.717, 1.165) is 5.56 Å². The number of hydrogen-bond donors (Lipinski definition) is 1. The fraction of sp³-hybridized carbons (Fsp3) is 0.667. The Morgan fingerprint density at radius 1 is 1.25 bits per heavy atom. The van der Waals surface area contributed by atoms with Gasteiger partial charge in [0.25, 0.3) is 0 Å². The van der Waals surface area contributed by atoms with Crippen LogP contribution < -0.4 is 9.46 Å². The quantitative estimate of drug-likeness (QED) is 0.716. The minimum Gasteiger partial charge on any atom is -0.475 e. The molecule has 1 unspecified atom stereocenters. The van der Waals surface area contributed by atoms with E-state index in [-0.39, 0.29) is 24.0 Å². The molecule has 1 N–H and O–H groups in total. The molecule has 5 nitrogen and oxygen atoms in total. The summed E-state index contributed by atoms with van der Waals surface area (Å²) in [5, 5.41) is 0. The average Bonchev–Trinajstić information content (AvgIpc) is 2.45. The smallest absolute Gasteiger partial charge is 0.411 e. The summed E-state index contributed by atoms with van der Waals surface area (Å²) in [6.07, 6.45) is -2.76. The van der Waals surface area contributed by atoms with Crippen molar-refractivity contribution in [2.75, 3.05) is 19.8 Å². The van der Waals surface area contributed by atoms with Crippen molar-refractivity contribution in [3.8, 4) is 5.88 Å². The number of nitrogens with zero attached hydrogens (tertiary/aromatic N) is 1. The Morgan fingerprint density at radius 3 is 2.42 bits per heavy atom. The van der Waals surface area contributed by atoms with Gasteiger partial charge < -0.3 is 9.47 Å². The second-order valence-corrected chi connectivity index (χ2v) is 8.16. The van der Waals surface area contributed by atoms with Crippen molar-refractivity contribution < 1.29 is 26.9 Å². The lowest BCUT2D eigenvalue weighted by atomic mass is 10.2. The summed E-state index contributed by atoms with van der Waals surface area (Å²) in [6.45, 7) is 6.00. The van der Waals surface area contributed by atoms with Crippen LogP contribution in [-0.2, 0) is 15.7 Å². The summed E-state index contributed by atoms with van der Waals surface area (Å²) in [4.78, 5) is 4.08. The molecule has 24 heavy (non-hydrogen) atoms. The molecule has 0 fully saturated rings. The molecule has 0 saturated heterocycles. The lowest BCUT2D eigenvalue weighted by molar-refractivity contribution is -0.175. The monoisotopic (exact) mass is 368 g/mol. The van der Waals surface area contributed by atoms with Gasteiger partial charge in [0.15, 0.2) is 0 Å². The van der Waals surface area contributed by atoms with Crippen LogP contribution in [0.1, 0.15) is 39.3 Å². The van der Waals surface area contributed by atoms with Crippen molar-refractivity contribution in [1.29, 1.82) is 0 Å². The average molecular weight is 368 g/mol. The summed E-state index contributed by atoms with van der Waals surface area (Å²) in [5.41, 5.74) is 0.827. The second kappa shape index (κ2) is 8.77. The molecule has 0 radical (unpaired) electrons. The van der Waals surface area contributed by atoms with Crippen molar-refractivity contribution in [3.63, 3.8) is 0 Å². The van der Waals surface area contributed by atoms with Gasteiger partial charge in [0, 0.05) is 18.3 Å². The van der Waals surface area contributed by atoms with Gasteiger partial charge in [0.1, 0.15) is 13.2 Å². The first-order valence-electron chi connectivity index (χ1n) is 7.40. The van der Waals surface area contributed by atoms with Crippen LogP contribution in [0, 0.1) is 0 Å². The van der Waals surface area contributed by atoms with Crippen molar-refractivity contribution in [2.24, 2.45) is 0 Å². The molecule has 0 bridgehead atoms. The molecule has 0 aliphatic rings. The highest BCUT2D eigenvalue weighted by atomic mass is 32.2. The maximum absolute atomic E-state index is 12.0. The zero-order chi connectivity index (χ0) is 18.4. The number of alkyl halides is 3. The summed E-state index contributed by atoms with van der Waals surface area (Å²) in [7, 11) is -1.21. The standard InChI is InChI=1S/C15H23F3N2O3S/c1-11(20-24(21)14(2,3)4)12-5-6-13(19-9-12)23-8-7-22-10-15(16,17)18/h5-6,9,11,20H,7-8,10H2,1-4H3/t11-,24?/m1/s1. The summed E-state index contributed by atoms with van der Waals surface area (Å²) >= 11 is 0. The van der Waals surface area contributed by atoms with Gasteiger partial charge in [-0.25, -0.2) is 13.9 Å². The highest BCUT2D eigenvalue weighted by Crippen LogP contribution is 2.18. The van der Waals surface area contributed by atoms with Gasteiger partial charge in [-0.15, -0.1) is 0 Å².